The van der Waals surface area contributed by atoms with Crippen molar-refractivity contribution in [2.45, 2.75) is 13.3 Å². The zero-order chi connectivity index (χ0) is 16.7. The molecule has 0 aliphatic carbocycles. The highest BCUT2D eigenvalue weighted by Gasteiger charge is 2.02. The number of amides is 1. The van der Waals surface area contributed by atoms with Gasteiger partial charge in [-0.1, -0.05) is 23.8 Å². The lowest BCUT2D eigenvalue weighted by Crippen LogP contribution is -2.07. The number of benzene rings is 2. The molecule has 2 rings (SSSR count). The molecule has 4 heteroatoms. The number of nitrogens with one attached hydrogen (secondary N) is 1. The highest BCUT2D eigenvalue weighted by molar-refractivity contribution is 6.02. The molecule has 0 saturated carbocycles. The molecule has 0 aliphatic heterocycles. The average Bonchev–Trinajstić information content (AvgIpc) is 2.55. The summed E-state index contributed by atoms with van der Waals surface area (Å²) in [7, 11) is 1.60. The summed E-state index contributed by atoms with van der Waals surface area (Å²) in [4.78, 5) is 12.0. The fourth-order valence-electron chi connectivity index (χ4n) is 2.13. The molecule has 0 radical (unpaired) electrons. The quantitative estimate of drug-likeness (QED) is 0.856. The van der Waals surface area contributed by atoms with Crippen LogP contribution in [0.15, 0.2) is 48.5 Å². The van der Waals surface area contributed by atoms with Crippen LogP contribution in [0, 0.1) is 18.3 Å². The lowest BCUT2D eigenvalue weighted by atomic mass is 10.1. The van der Waals surface area contributed by atoms with E-state index in [1.54, 1.807) is 25.3 Å². The van der Waals surface area contributed by atoms with Crippen molar-refractivity contribution >= 4 is 17.7 Å². The van der Waals surface area contributed by atoms with Gasteiger partial charge < -0.3 is 10.1 Å². The number of ether oxygens (including phenoxy) is 1. The molecule has 1 amide bonds. The number of carbonyl (C=O) groups excluding carboxylic acids is 1. The Morgan fingerprint density at radius 1 is 1.26 bits per heavy atom. The minimum absolute atomic E-state index is 0.221. The number of anilines is 1. The van der Waals surface area contributed by atoms with E-state index >= 15 is 0 Å². The zero-order valence-corrected chi connectivity index (χ0v) is 13.2. The van der Waals surface area contributed by atoms with Gasteiger partial charge >= 0.3 is 0 Å². The van der Waals surface area contributed by atoms with E-state index in [1.807, 2.05) is 37.3 Å². The third kappa shape index (κ3) is 4.72. The summed E-state index contributed by atoms with van der Waals surface area (Å²) in [5.74, 6) is 0.502. The summed E-state index contributed by atoms with van der Waals surface area (Å²) in [5, 5.41) is 11.4. The van der Waals surface area contributed by atoms with Crippen molar-refractivity contribution in [3.05, 3.63) is 65.2 Å². The standard InChI is InChI=1S/C19H18N2O2/c1-14-3-9-18(23-2)16(13-14)6-10-19(22)21-17-7-4-15(5-8-17)11-12-20/h3-10,13H,11H2,1-2H3,(H,21,22). The lowest BCUT2D eigenvalue weighted by molar-refractivity contribution is -0.111. The first kappa shape index (κ1) is 16.3. The Morgan fingerprint density at radius 2 is 2.00 bits per heavy atom. The number of hydrogen-bond donors (Lipinski definition) is 1. The van der Waals surface area contributed by atoms with Crippen LogP contribution < -0.4 is 10.1 Å². The van der Waals surface area contributed by atoms with Gasteiger partial charge in [-0.2, -0.15) is 5.26 Å². The molecule has 0 heterocycles. The monoisotopic (exact) mass is 306 g/mol. The number of nitrogens with zero attached hydrogens (tertiary/aromatic N) is 1. The van der Waals surface area contributed by atoms with Crippen molar-refractivity contribution in [2.75, 3.05) is 12.4 Å². The maximum absolute atomic E-state index is 12.0. The van der Waals surface area contributed by atoms with Crippen LogP contribution in [-0.2, 0) is 11.2 Å². The molecule has 2 aromatic rings. The smallest absolute Gasteiger partial charge is 0.248 e. The predicted molar refractivity (Wildman–Crippen MR) is 91.2 cm³/mol. The molecule has 4 nitrogen and oxygen atoms in total. The summed E-state index contributed by atoms with van der Waals surface area (Å²) < 4.78 is 5.28. The number of hydrogen-bond acceptors (Lipinski definition) is 3. The van der Waals surface area contributed by atoms with Crippen LogP contribution in [0.2, 0.25) is 0 Å². The van der Waals surface area contributed by atoms with Crippen LogP contribution >= 0.6 is 0 Å². The molecular weight excluding hydrogens is 288 g/mol. The van der Waals surface area contributed by atoms with E-state index in [0.717, 1.165) is 22.4 Å². The van der Waals surface area contributed by atoms with Crippen LogP contribution in [0.25, 0.3) is 6.08 Å². The second-order valence-corrected chi connectivity index (χ2v) is 5.10. The summed E-state index contributed by atoms with van der Waals surface area (Å²) in [6, 6.07) is 15.1. The van der Waals surface area contributed by atoms with Gasteiger partial charge in [0, 0.05) is 17.3 Å². The van der Waals surface area contributed by atoms with E-state index in [0.29, 0.717) is 12.1 Å². The fourth-order valence-corrected chi connectivity index (χ4v) is 2.13. The molecule has 0 saturated heterocycles. The van der Waals surface area contributed by atoms with E-state index < -0.39 is 0 Å². The SMILES string of the molecule is COc1ccc(C)cc1C=CC(=O)Nc1ccc(CC#N)cc1. The Labute approximate surface area is 136 Å². The third-order valence-electron chi connectivity index (χ3n) is 3.30. The molecule has 2 aromatic carbocycles. The summed E-state index contributed by atoms with van der Waals surface area (Å²) >= 11 is 0. The molecule has 0 unspecified atom stereocenters. The molecule has 116 valence electrons. The van der Waals surface area contributed by atoms with Gasteiger partial charge in [0.15, 0.2) is 0 Å². The molecule has 0 aromatic heterocycles. The van der Waals surface area contributed by atoms with E-state index in [-0.39, 0.29) is 5.91 Å². The zero-order valence-electron chi connectivity index (χ0n) is 13.2. The molecule has 0 bridgehead atoms. The summed E-state index contributed by atoms with van der Waals surface area (Å²) in [6.07, 6.45) is 3.56. The van der Waals surface area contributed by atoms with Crippen molar-refractivity contribution in [3.8, 4) is 11.8 Å². The van der Waals surface area contributed by atoms with Gasteiger partial charge in [-0.25, -0.2) is 0 Å². The number of aryl methyl sites for hydroxylation is 1. The molecular formula is C19H18N2O2. The number of methoxy groups -OCH3 is 1. The van der Waals surface area contributed by atoms with E-state index in [1.165, 1.54) is 6.08 Å². The predicted octanol–water partition coefficient (Wildman–Crippen LogP) is 3.72. The van der Waals surface area contributed by atoms with Gasteiger partial charge in [0.1, 0.15) is 5.75 Å². The Bertz CT molecular complexity index is 756. The average molecular weight is 306 g/mol. The van der Waals surface area contributed by atoms with Crippen molar-refractivity contribution in [3.63, 3.8) is 0 Å². The first-order chi connectivity index (χ1) is 11.1. The molecule has 23 heavy (non-hydrogen) atoms. The number of carbonyl (C=O) groups is 1. The van der Waals surface area contributed by atoms with Gasteiger partial charge in [0.25, 0.3) is 0 Å². The van der Waals surface area contributed by atoms with Crippen LogP contribution in [0.4, 0.5) is 5.69 Å². The van der Waals surface area contributed by atoms with Crippen LogP contribution in [-0.4, -0.2) is 13.0 Å². The summed E-state index contributed by atoms with van der Waals surface area (Å²) in [6.45, 7) is 1.99. The van der Waals surface area contributed by atoms with Crippen molar-refractivity contribution in [1.82, 2.24) is 0 Å². The number of rotatable bonds is 5. The Kier molecular flexibility index (Phi) is 5.54. The van der Waals surface area contributed by atoms with Crippen molar-refractivity contribution < 1.29 is 9.53 Å². The third-order valence-corrected chi connectivity index (χ3v) is 3.30. The van der Waals surface area contributed by atoms with Crippen LogP contribution in [0.5, 0.6) is 5.75 Å². The normalized spacial score (nSPS) is 10.3. The van der Waals surface area contributed by atoms with E-state index in [9.17, 15) is 4.79 Å². The molecule has 0 spiro atoms. The lowest BCUT2D eigenvalue weighted by Gasteiger charge is -2.06. The van der Waals surface area contributed by atoms with Crippen molar-refractivity contribution in [2.24, 2.45) is 0 Å². The van der Waals surface area contributed by atoms with E-state index in [2.05, 4.69) is 11.4 Å². The Morgan fingerprint density at radius 3 is 2.65 bits per heavy atom. The second kappa shape index (κ2) is 7.81. The fraction of sp³-hybridized carbons (Fsp3) is 0.158. The summed E-state index contributed by atoms with van der Waals surface area (Å²) in [5.41, 5.74) is 3.56. The molecule has 1 N–H and O–H groups in total. The van der Waals surface area contributed by atoms with Gasteiger partial charge in [0.2, 0.25) is 5.91 Å². The Hall–Kier alpha value is -3.06. The van der Waals surface area contributed by atoms with Crippen LogP contribution in [0.1, 0.15) is 16.7 Å². The minimum atomic E-state index is -0.221. The topological polar surface area (TPSA) is 62.1 Å². The van der Waals surface area contributed by atoms with Gasteiger partial charge in [-0.05, 0) is 42.8 Å². The van der Waals surface area contributed by atoms with E-state index in [4.69, 9.17) is 10.00 Å². The number of nitriles is 1. The van der Waals surface area contributed by atoms with Crippen LogP contribution in [0.3, 0.4) is 0 Å². The first-order valence-electron chi connectivity index (χ1n) is 7.22. The van der Waals surface area contributed by atoms with Crippen molar-refractivity contribution in [1.29, 1.82) is 5.26 Å². The maximum atomic E-state index is 12.0. The highest BCUT2D eigenvalue weighted by atomic mass is 16.5. The van der Waals surface area contributed by atoms with Gasteiger partial charge in [0.05, 0.1) is 19.6 Å². The Balaban J connectivity index is 2.04. The second-order valence-electron chi connectivity index (χ2n) is 5.10. The van der Waals surface area contributed by atoms with Gasteiger partial charge in [-0.3, -0.25) is 4.79 Å². The largest absolute Gasteiger partial charge is 0.496 e. The first-order valence-corrected chi connectivity index (χ1v) is 7.22. The molecule has 0 fully saturated rings. The molecule has 0 atom stereocenters. The molecule has 0 aliphatic rings. The maximum Gasteiger partial charge on any atom is 0.248 e. The minimum Gasteiger partial charge on any atom is -0.496 e. The van der Waals surface area contributed by atoms with Gasteiger partial charge in [-0.15, -0.1) is 0 Å². The highest BCUT2D eigenvalue weighted by Crippen LogP contribution is 2.21.